The molecule has 0 spiro atoms. The smallest absolute Gasteiger partial charge is 0.306 e. The number of aromatic nitrogens is 3. The highest BCUT2D eigenvalue weighted by Gasteiger charge is 2.30. The van der Waals surface area contributed by atoms with Crippen LogP contribution in [0.15, 0.2) is 54.6 Å². The van der Waals surface area contributed by atoms with Gasteiger partial charge in [0.25, 0.3) is 35.4 Å². The number of fused-ring (bicyclic) bond motifs is 3. The number of nitrogens with one attached hydrogen (secondary N) is 9. The number of aryl methyl sites for hydroxylation is 3. The van der Waals surface area contributed by atoms with Gasteiger partial charge in [0, 0.05) is 112 Å². The molecular formula is C68H78BrF3N10O12. The molecular weight excluding hydrogens is 1290 g/mol. The number of alkyl halides is 1. The number of ketones is 1. The number of H-pyrrole nitrogens is 3. The fraction of sp³-hybridized carbons (Fsp3) is 0.338. The quantitative estimate of drug-likeness (QED) is 0.0123. The van der Waals surface area contributed by atoms with Gasteiger partial charge in [0.05, 0.1) is 54.1 Å². The molecule has 0 unspecified atom stereocenters. The minimum Gasteiger partial charge on any atom is -0.469 e. The number of aliphatic hydroxyl groups is 1. The Labute approximate surface area is 550 Å². The SMILES string of the molecule is COC(=O)CCBr.COC(=O)CCCCCNC(=O)c1c(C)[nH]c(/C=C2\C(=O)Nc3ccc(F)cc32)c1C.Cc1[nH]c(/C=C2\C(=O)Nc3ccc(F)cc32)c(C)c1C(=O)NCCCCCC(=O)CO.Cc1[nH]c(/C=C2\C(=O)Nc3ccc(F)cc32)c(C)c1C(=O)NCCN. The van der Waals surface area contributed by atoms with Crippen LogP contribution in [-0.4, -0.2) is 126 Å². The maximum Gasteiger partial charge on any atom is 0.306 e. The number of amides is 6. The lowest BCUT2D eigenvalue weighted by molar-refractivity contribution is -0.141. The fourth-order valence-corrected chi connectivity index (χ4v) is 10.9. The summed E-state index contributed by atoms with van der Waals surface area (Å²) in [7, 11) is 2.75. The summed E-state index contributed by atoms with van der Waals surface area (Å²) in [6, 6.07) is 12.4. The molecule has 6 heterocycles. The highest BCUT2D eigenvalue weighted by atomic mass is 79.9. The molecule has 12 N–H and O–H groups in total. The van der Waals surface area contributed by atoms with E-state index < -0.39 is 24.1 Å². The van der Waals surface area contributed by atoms with E-state index in [0.717, 1.165) is 31.2 Å². The molecule has 0 radical (unpaired) electrons. The number of unbranched alkanes of at least 4 members (excludes halogenated alkanes) is 4. The third-order valence-electron chi connectivity index (χ3n) is 15.4. The van der Waals surface area contributed by atoms with E-state index in [4.69, 9.17) is 10.8 Å². The highest BCUT2D eigenvalue weighted by molar-refractivity contribution is 9.09. The van der Waals surface area contributed by atoms with E-state index in [0.29, 0.717) is 176 Å². The Kier molecular flexibility index (Phi) is 27.2. The summed E-state index contributed by atoms with van der Waals surface area (Å²) in [5.41, 5.74) is 17.3. The molecule has 500 valence electrons. The van der Waals surface area contributed by atoms with E-state index in [2.05, 4.69) is 72.3 Å². The van der Waals surface area contributed by atoms with E-state index >= 15 is 0 Å². The molecule has 3 aromatic carbocycles. The van der Waals surface area contributed by atoms with Gasteiger partial charge >= 0.3 is 11.9 Å². The van der Waals surface area contributed by atoms with Crippen LogP contribution in [0.25, 0.3) is 34.9 Å². The molecule has 3 aromatic heterocycles. The second kappa shape index (κ2) is 34.8. The van der Waals surface area contributed by atoms with Crippen molar-refractivity contribution in [3.63, 3.8) is 0 Å². The van der Waals surface area contributed by atoms with Crippen LogP contribution in [0.4, 0.5) is 30.2 Å². The number of ether oxygens (including phenoxy) is 2. The third-order valence-corrected chi connectivity index (χ3v) is 15.8. The molecule has 6 aromatic rings. The van der Waals surface area contributed by atoms with Crippen LogP contribution in [0.3, 0.4) is 0 Å². The van der Waals surface area contributed by atoms with Gasteiger partial charge in [-0.25, -0.2) is 13.2 Å². The van der Waals surface area contributed by atoms with Crippen LogP contribution >= 0.6 is 15.9 Å². The summed E-state index contributed by atoms with van der Waals surface area (Å²) in [6.07, 6.45) is 10.6. The van der Waals surface area contributed by atoms with Crippen LogP contribution in [0, 0.1) is 59.0 Å². The number of carbonyl (C=O) groups is 9. The van der Waals surface area contributed by atoms with Gasteiger partial charge in [0.1, 0.15) is 24.1 Å². The zero-order valence-corrected chi connectivity index (χ0v) is 55.1. The van der Waals surface area contributed by atoms with E-state index in [-0.39, 0.29) is 53.2 Å². The molecule has 0 saturated heterocycles. The predicted octanol–water partition coefficient (Wildman–Crippen LogP) is 9.74. The molecule has 22 nitrogen and oxygen atoms in total. The average molecular weight is 1360 g/mol. The molecule has 0 saturated carbocycles. The van der Waals surface area contributed by atoms with Gasteiger partial charge in [-0.2, -0.15) is 0 Å². The minimum absolute atomic E-state index is 0.170. The Morgan fingerprint density at radius 3 is 1.14 bits per heavy atom. The lowest BCUT2D eigenvalue weighted by Gasteiger charge is -2.06. The van der Waals surface area contributed by atoms with Crippen molar-refractivity contribution in [2.75, 3.05) is 68.3 Å². The van der Waals surface area contributed by atoms with Crippen LogP contribution in [-0.2, 0) is 38.2 Å². The Bertz CT molecular complexity index is 3790. The summed E-state index contributed by atoms with van der Waals surface area (Å²) < 4.78 is 49.8. The Morgan fingerprint density at radius 2 is 0.830 bits per heavy atom. The summed E-state index contributed by atoms with van der Waals surface area (Å²) >= 11 is 3.09. The first kappa shape index (κ1) is 73.4. The molecule has 26 heteroatoms. The standard InChI is InChI=1S/2C23H26FN3O4.C18H19FN4O2.C4H7BrO2/c1-13-19(12-17-16-11-15(24)8-9-18(16)27-22(17)29)26-14(2)21(13)23(30)25-10-6-4-5-7-20(28)31-3;1-13-20(11-18-17-10-15(24)7-8-19(17)27-22(18)30)26-14(2)21(13)23(31)25-9-5-3-4-6-16(29)12-28;1-9-15(22-10(2)16(9)18(25)21-6-5-20)8-13-12-7-11(19)3-4-14(12)23-17(13)24;1-7-4(6)2-3-5/h8-9,11-12,26H,4-7,10H2,1-3H3,(H,25,30)(H,27,29);7-8,10-11,26,28H,3-6,9,12H2,1-2H3,(H,25,31)(H,27,30);3-4,7-8,22H,5-6,20H2,1-2H3,(H,21,25)(H,23,24);2-3H2,1H3/b17-12-;18-11-;13-8-;. The Hall–Kier alpha value is -9.66. The van der Waals surface area contributed by atoms with E-state index in [9.17, 15) is 56.3 Å². The maximum atomic E-state index is 13.7. The lowest BCUT2D eigenvalue weighted by Crippen LogP contribution is -2.29. The van der Waals surface area contributed by atoms with Crippen molar-refractivity contribution in [1.82, 2.24) is 30.9 Å². The number of aliphatic hydroxyl groups excluding tert-OH is 1. The normalized spacial score (nSPS) is 13.6. The van der Waals surface area contributed by atoms with Crippen molar-refractivity contribution >= 4 is 121 Å². The molecule has 94 heavy (non-hydrogen) atoms. The van der Waals surface area contributed by atoms with Gasteiger partial charge in [0.2, 0.25) is 0 Å². The predicted molar refractivity (Wildman–Crippen MR) is 357 cm³/mol. The number of aromatic amines is 3. The number of hydrogen-bond donors (Lipinski definition) is 11. The minimum atomic E-state index is -0.429. The van der Waals surface area contributed by atoms with Gasteiger partial charge in [0.15, 0.2) is 5.78 Å². The van der Waals surface area contributed by atoms with E-state index in [1.54, 1.807) is 59.8 Å². The van der Waals surface area contributed by atoms with Crippen LogP contribution in [0.1, 0.15) is 156 Å². The molecule has 0 fully saturated rings. The first-order valence-electron chi connectivity index (χ1n) is 30.3. The van der Waals surface area contributed by atoms with Crippen molar-refractivity contribution in [1.29, 1.82) is 0 Å². The second-order valence-corrected chi connectivity index (χ2v) is 22.9. The number of nitrogens with two attached hydrogens (primary N) is 1. The van der Waals surface area contributed by atoms with Gasteiger partial charge in [-0.15, -0.1) is 0 Å². The number of hydrogen-bond acceptors (Lipinski definition) is 13. The Balaban J connectivity index is 0.000000213. The monoisotopic (exact) mass is 1360 g/mol. The molecule has 0 bridgehead atoms. The van der Waals surface area contributed by atoms with Crippen LogP contribution in [0.5, 0.6) is 0 Å². The summed E-state index contributed by atoms with van der Waals surface area (Å²) in [5, 5.41) is 26.0. The molecule has 9 rings (SSSR count). The largest absolute Gasteiger partial charge is 0.469 e. The fourth-order valence-electron chi connectivity index (χ4n) is 10.5. The highest BCUT2D eigenvalue weighted by Crippen LogP contribution is 2.37. The summed E-state index contributed by atoms with van der Waals surface area (Å²) in [4.78, 5) is 116. The number of esters is 2. The summed E-state index contributed by atoms with van der Waals surface area (Å²) in [5.74, 6) is -3.42. The second-order valence-electron chi connectivity index (χ2n) is 22.1. The number of Topliss-reactive ketones (excluding diaryl/α,β-unsaturated/α-hetero) is 1. The maximum absolute atomic E-state index is 13.7. The zero-order valence-electron chi connectivity index (χ0n) is 53.6. The van der Waals surface area contributed by atoms with Crippen molar-refractivity contribution < 1.29 is 70.9 Å². The molecule has 0 atom stereocenters. The van der Waals surface area contributed by atoms with Gasteiger partial charge in [-0.1, -0.05) is 28.8 Å². The summed E-state index contributed by atoms with van der Waals surface area (Å²) in [6.45, 7) is 12.0. The topological polar surface area (TPSA) is 338 Å². The number of anilines is 3. The van der Waals surface area contributed by atoms with Crippen molar-refractivity contribution in [2.24, 2.45) is 5.73 Å². The van der Waals surface area contributed by atoms with Gasteiger partial charge in [-0.05, 0) is 157 Å². The van der Waals surface area contributed by atoms with Gasteiger partial charge < -0.3 is 67.2 Å². The molecule has 6 amide bonds. The number of benzene rings is 3. The van der Waals surface area contributed by atoms with E-state index in [1.807, 2.05) is 0 Å². The zero-order chi connectivity index (χ0) is 68.9. The molecule has 0 aliphatic carbocycles. The lowest BCUT2D eigenvalue weighted by atomic mass is 10.0. The first-order chi connectivity index (χ1) is 44.8. The number of halogens is 4. The number of carbonyl (C=O) groups excluding carboxylic acids is 9. The average Bonchev–Trinajstić information content (AvgIpc) is 1.65. The molecule has 3 aliphatic heterocycles. The first-order valence-corrected chi connectivity index (χ1v) is 31.4. The van der Waals surface area contributed by atoms with Crippen molar-refractivity contribution in [2.45, 2.75) is 99.3 Å². The number of methoxy groups -OCH3 is 2. The van der Waals surface area contributed by atoms with Crippen LogP contribution in [0.2, 0.25) is 0 Å². The van der Waals surface area contributed by atoms with E-state index in [1.165, 1.54) is 68.8 Å². The van der Waals surface area contributed by atoms with Crippen molar-refractivity contribution in [3.8, 4) is 0 Å². The van der Waals surface area contributed by atoms with Crippen molar-refractivity contribution in [3.05, 3.63) is 156 Å². The van der Waals surface area contributed by atoms with Gasteiger partial charge in [-0.3, -0.25) is 43.2 Å². The molecule has 3 aliphatic rings. The third kappa shape index (κ3) is 19.2. The Morgan fingerprint density at radius 1 is 0.500 bits per heavy atom. The van der Waals surface area contributed by atoms with Crippen LogP contribution < -0.4 is 37.6 Å². The number of rotatable bonds is 23.